The zero-order chi connectivity index (χ0) is 15.3. The number of hydrogen-bond donors (Lipinski definition) is 1. The summed E-state index contributed by atoms with van der Waals surface area (Å²) in [7, 11) is 0. The van der Waals surface area contributed by atoms with Crippen LogP contribution < -0.4 is 5.32 Å². The molecule has 2 rings (SSSR count). The molecule has 0 bridgehead atoms. The Labute approximate surface area is 126 Å². The van der Waals surface area contributed by atoms with Crippen LogP contribution in [0.5, 0.6) is 0 Å². The molecular formula is C17H25FN2O. The number of nitrogens with one attached hydrogen (secondary N) is 1. The minimum absolute atomic E-state index is 0.00498. The van der Waals surface area contributed by atoms with E-state index in [-0.39, 0.29) is 17.3 Å². The van der Waals surface area contributed by atoms with Gasteiger partial charge in [-0.05, 0) is 63.9 Å². The van der Waals surface area contributed by atoms with Gasteiger partial charge in [-0.15, -0.1) is 0 Å². The van der Waals surface area contributed by atoms with Crippen LogP contribution in [0.2, 0.25) is 0 Å². The van der Waals surface area contributed by atoms with Crippen LogP contribution in [0.4, 0.5) is 4.39 Å². The summed E-state index contributed by atoms with van der Waals surface area (Å²) < 4.78 is 13.1. The Bertz CT molecular complexity index is 481. The van der Waals surface area contributed by atoms with E-state index < -0.39 is 0 Å². The third-order valence-corrected chi connectivity index (χ3v) is 4.21. The van der Waals surface area contributed by atoms with Crippen molar-refractivity contribution in [2.24, 2.45) is 0 Å². The van der Waals surface area contributed by atoms with E-state index in [4.69, 9.17) is 0 Å². The fourth-order valence-corrected chi connectivity index (χ4v) is 2.79. The number of carbonyl (C=O) groups excluding carboxylic acids is 1. The Kier molecular flexibility index (Phi) is 5.34. The van der Waals surface area contributed by atoms with Gasteiger partial charge in [0.2, 0.25) is 5.91 Å². The van der Waals surface area contributed by atoms with Gasteiger partial charge in [0, 0.05) is 18.5 Å². The van der Waals surface area contributed by atoms with Crippen molar-refractivity contribution >= 4 is 5.91 Å². The minimum Gasteiger partial charge on any atom is -0.354 e. The summed E-state index contributed by atoms with van der Waals surface area (Å²) in [4.78, 5) is 14.4. The predicted octanol–water partition coefficient (Wildman–Crippen LogP) is 2.75. The number of amides is 1. The molecule has 1 fully saturated rings. The first kappa shape index (κ1) is 16.0. The number of aryl methyl sites for hydroxylation is 1. The van der Waals surface area contributed by atoms with E-state index in [2.05, 4.69) is 24.1 Å². The van der Waals surface area contributed by atoms with Crippen LogP contribution in [0.1, 0.15) is 38.7 Å². The highest BCUT2D eigenvalue weighted by Crippen LogP contribution is 2.20. The first-order valence-electron chi connectivity index (χ1n) is 7.73. The number of hydrogen-bond acceptors (Lipinski definition) is 2. The van der Waals surface area contributed by atoms with Gasteiger partial charge in [0.1, 0.15) is 5.82 Å². The maximum atomic E-state index is 13.1. The van der Waals surface area contributed by atoms with Crippen LogP contribution in [0.25, 0.3) is 0 Å². The van der Waals surface area contributed by atoms with Crippen molar-refractivity contribution in [3.63, 3.8) is 0 Å². The maximum absolute atomic E-state index is 13.1. The molecule has 0 unspecified atom stereocenters. The Morgan fingerprint density at radius 2 is 2.05 bits per heavy atom. The van der Waals surface area contributed by atoms with Gasteiger partial charge in [-0.3, -0.25) is 9.69 Å². The largest absolute Gasteiger partial charge is 0.354 e. The van der Waals surface area contributed by atoms with Crippen molar-refractivity contribution in [1.29, 1.82) is 0 Å². The molecule has 0 atom stereocenters. The zero-order valence-electron chi connectivity index (χ0n) is 13.0. The highest BCUT2D eigenvalue weighted by atomic mass is 19.1. The predicted molar refractivity (Wildman–Crippen MR) is 82.6 cm³/mol. The average Bonchev–Trinajstić information content (AvgIpc) is 2.98. The summed E-state index contributed by atoms with van der Waals surface area (Å²) in [6.07, 6.45) is 3.47. The first-order valence-corrected chi connectivity index (χ1v) is 7.73. The van der Waals surface area contributed by atoms with Gasteiger partial charge in [0.25, 0.3) is 0 Å². The Balaban J connectivity index is 1.74. The summed E-state index contributed by atoms with van der Waals surface area (Å²) in [5.74, 6) is -0.213. The van der Waals surface area contributed by atoms with Gasteiger partial charge in [-0.25, -0.2) is 4.39 Å². The molecular weight excluding hydrogens is 267 g/mol. The van der Waals surface area contributed by atoms with Crippen LogP contribution in [0.3, 0.4) is 0 Å². The van der Waals surface area contributed by atoms with Crippen molar-refractivity contribution in [1.82, 2.24) is 10.2 Å². The average molecular weight is 292 g/mol. The van der Waals surface area contributed by atoms with E-state index >= 15 is 0 Å². The van der Waals surface area contributed by atoms with E-state index in [1.54, 1.807) is 6.07 Å². The van der Waals surface area contributed by atoms with Crippen LogP contribution >= 0.6 is 0 Å². The molecule has 1 aromatic rings. The van der Waals surface area contributed by atoms with Crippen molar-refractivity contribution in [3.05, 3.63) is 35.6 Å². The van der Waals surface area contributed by atoms with Gasteiger partial charge in [-0.1, -0.05) is 12.1 Å². The van der Waals surface area contributed by atoms with E-state index in [9.17, 15) is 9.18 Å². The molecule has 0 radical (unpaired) electrons. The minimum atomic E-state index is -0.247. The van der Waals surface area contributed by atoms with Crippen LogP contribution in [-0.4, -0.2) is 36.0 Å². The van der Waals surface area contributed by atoms with E-state index in [0.717, 1.165) is 18.7 Å². The van der Waals surface area contributed by atoms with E-state index in [0.29, 0.717) is 19.4 Å². The molecule has 3 nitrogen and oxygen atoms in total. The molecule has 116 valence electrons. The normalized spacial score (nSPS) is 16.1. The SMILES string of the molecule is CC(C)(CNC(=O)CCc1cccc(F)c1)N1CCCC1. The highest BCUT2D eigenvalue weighted by Gasteiger charge is 2.29. The lowest BCUT2D eigenvalue weighted by Crippen LogP contribution is -2.50. The van der Waals surface area contributed by atoms with E-state index in [1.807, 2.05) is 6.07 Å². The second kappa shape index (κ2) is 7.03. The Hall–Kier alpha value is -1.42. The first-order chi connectivity index (χ1) is 9.97. The third-order valence-electron chi connectivity index (χ3n) is 4.21. The molecule has 1 aromatic carbocycles. The standard InChI is InChI=1S/C17H25FN2O/c1-17(2,20-10-3-4-11-20)13-19-16(21)9-8-14-6-5-7-15(18)12-14/h5-7,12H,3-4,8-11,13H2,1-2H3,(H,19,21). The molecule has 21 heavy (non-hydrogen) atoms. The molecule has 4 heteroatoms. The second-order valence-corrected chi connectivity index (χ2v) is 6.41. The molecule has 0 aromatic heterocycles. The molecule has 1 saturated heterocycles. The molecule has 1 amide bonds. The topological polar surface area (TPSA) is 32.3 Å². The van der Waals surface area contributed by atoms with Gasteiger partial charge >= 0.3 is 0 Å². The number of nitrogens with zero attached hydrogens (tertiary/aromatic N) is 1. The third kappa shape index (κ3) is 4.81. The molecule has 1 aliphatic rings. The molecule has 0 saturated carbocycles. The number of likely N-dealkylation sites (tertiary alicyclic amines) is 1. The summed E-state index contributed by atoms with van der Waals surface area (Å²) in [5.41, 5.74) is 0.870. The summed E-state index contributed by atoms with van der Waals surface area (Å²) in [6.45, 7) is 7.24. The fraction of sp³-hybridized carbons (Fsp3) is 0.588. The fourth-order valence-electron chi connectivity index (χ4n) is 2.79. The summed E-state index contributed by atoms with van der Waals surface area (Å²) >= 11 is 0. The molecule has 1 N–H and O–H groups in total. The molecule has 0 aliphatic carbocycles. The van der Waals surface area contributed by atoms with Crippen molar-refractivity contribution in [2.75, 3.05) is 19.6 Å². The quantitative estimate of drug-likeness (QED) is 0.874. The van der Waals surface area contributed by atoms with Crippen LogP contribution in [0.15, 0.2) is 24.3 Å². The van der Waals surface area contributed by atoms with Gasteiger partial charge < -0.3 is 5.32 Å². The van der Waals surface area contributed by atoms with Crippen LogP contribution in [0, 0.1) is 5.82 Å². The molecule has 1 heterocycles. The van der Waals surface area contributed by atoms with Crippen LogP contribution in [-0.2, 0) is 11.2 Å². The maximum Gasteiger partial charge on any atom is 0.220 e. The zero-order valence-corrected chi connectivity index (χ0v) is 13.0. The van der Waals surface area contributed by atoms with Crippen molar-refractivity contribution in [2.45, 2.75) is 45.1 Å². The van der Waals surface area contributed by atoms with Gasteiger partial charge in [0.05, 0.1) is 0 Å². The number of rotatable bonds is 6. The Morgan fingerprint density at radius 1 is 1.33 bits per heavy atom. The smallest absolute Gasteiger partial charge is 0.220 e. The highest BCUT2D eigenvalue weighted by molar-refractivity contribution is 5.76. The molecule has 1 aliphatic heterocycles. The number of benzene rings is 1. The monoisotopic (exact) mass is 292 g/mol. The number of halogens is 1. The van der Waals surface area contributed by atoms with E-state index in [1.165, 1.54) is 25.0 Å². The second-order valence-electron chi connectivity index (χ2n) is 6.41. The summed E-state index contributed by atoms with van der Waals surface area (Å²) in [6, 6.07) is 6.44. The summed E-state index contributed by atoms with van der Waals surface area (Å²) in [5, 5.41) is 3.01. The van der Waals surface area contributed by atoms with Gasteiger partial charge in [-0.2, -0.15) is 0 Å². The lowest BCUT2D eigenvalue weighted by atomic mass is 10.0. The molecule has 0 spiro atoms. The lowest BCUT2D eigenvalue weighted by molar-refractivity contribution is -0.121. The number of carbonyl (C=O) groups is 1. The lowest BCUT2D eigenvalue weighted by Gasteiger charge is -2.35. The van der Waals surface area contributed by atoms with Crippen molar-refractivity contribution in [3.8, 4) is 0 Å². The van der Waals surface area contributed by atoms with Crippen molar-refractivity contribution < 1.29 is 9.18 Å². The van der Waals surface area contributed by atoms with Gasteiger partial charge in [0.15, 0.2) is 0 Å². The Morgan fingerprint density at radius 3 is 2.71 bits per heavy atom.